The molecule has 2 aliphatic rings. The van der Waals surface area contributed by atoms with Crippen LogP contribution in [0.5, 0.6) is 5.75 Å². The van der Waals surface area contributed by atoms with E-state index >= 15 is 0 Å². The number of likely N-dealkylation sites (tertiary alicyclic amines) is 1. The van der Waals surface area contributed by atoms with Crippen molar-refractivity contribution in [3.8, 4) is 11.4 Å². The highest BCUT2D eigenvalue weighted by Gasteiger charge is 2.47. The lowest BCUT2D eigenvalue weighted by Crippen LogP contribution is -2.39. The maximum atomic E-state index is 13.5. The molecule has 2 aliphatic heterocycles. The van der Waals surface area contributed by atoms with Gasteiger partial charge in [0.2, 0.25) is 0 Å². The van der Waals surface area contributed by atoms with Crippen LogP contribution in [0.25, 0.3) is 11.4 Å². The van der Waals surface area contributed by atoms with Crippen LogP contribution in [0.4, 0.5) is 0 Å². The van der Waals surface area contributed by atoms with Gasteiger partial charge in [0.05, 0.1) is 55.1 Å². The molecule has 2 fully saturated rings. The van der Waals surface area contributed by atoms with Crippen LogP contribution in [0.15, 0.2) is 66.4 Å². The number of carbonyl (C=O) groups is 2. The molecule has 2 aromatic carbocycles. The van der Waals surface area contributed by atoms with Crippen LogP contribution in [-0.2, 0) is 14.3 Å². The second-order valence-corrected chi connectivity index (χ2v) is 9.43. The Morgan fingerprint density at radius 2 is 1.76 bits per heavy atom. The number of morpholine rings is 1. The summed E-state index contributed by atoms with van der Waals surface area (Å²) >= 11 is 0. The van der Waals surface area contributed by atoms with Crippen LogP contribution < -0.4 is 4.74 Å². The minimum Gasteiger partial charge on any atom is -0.507 e. The molecule has 1 amide bonds. The summed E-state index contributed by atoms with van der Waals surface area (Å²) in [7, 11) is 1.55. The molecule has 0 spiro atoms. The van der Waals surface area contributed by atoms with Gasteiger partial charge < -0.3 is 19.5 Å². The molecular weight excluding hydrogens is 484 g/mol. The van der Waals surface area contributed by atoms with Crippen LogP contribution in [-0.4, -0.2) is 82.9 Å². The average molecular weight is 517 g/mol. The van der Waals surface area contributed by atoms with Crippen molar-refractivity contribution in [2.75, 3.05) is 46.5 Å². The Kier molecular flexibility index (Phi) is 7.57. The van der Waals surface area contributed by atoms with Crippen LogP contribution in [0.2, 0.25) is 0 Å². The van der Waals surface area contributed by atoms with Gasteiger partial charge in [0, 0.05) is 31.7 Å². The number of nitrogens with zero attached hydrogens (tertiary/aromatic N) is 4. The molecule has 9 heteroatoms. The van der Waals surface area contributed by atoms with Crippen molar-refractivity contribution < 1.29 is 24.2 Å². The Hall–Kier alpha value is -3.95. The van der Waals surface area contributed by atoms with Gasteiger partial charge in [0.1, 0.15) is 11.5 Å². The monoisotopic (exact) mass is 516 g/mol. The van der Waals surface area contributed by atoms with Gasteiger partial charge in [-0.05, 0) is 31.5 Å². The number of ether oxygens (including phenoxy) is 2. The number of ketones is 1. The number of amides is 1. The number of carbonyl (C=O) groups excluding carboxylic acids is 2. The number of hydrogen-bond acceptors (Lipinski definition) is 7. The van der Waals surface area contributed by atoms with Gasteiger partial charge in [0.15, 0.2) is 0 Å². The van der Waals surface area contributed by atoms with Crippen molar-refractivity contribution in [2.45, 2.75) is 19.4 Å². The number of methoxy groups -OCH3 is 1. The summed E-state index contributed by atoms with van der Waals surface area (Å²) in [4.78, 5) is 30.7. The predicted octanol–water partition coefficient (Wildman–Crippen LogP) is 3.33. The summed E-state index contributed by atoms with van der Waals surface area (Å²) in [6.07, 6.45) is 2.21. The Morgan fingerprint density at radius 1 is 1.05 bits per heavy atom. The van der Waals surface area contributed by atoms with Gasteiger partial charge in [-0.25, -0.2) is 4.68 Å². The zero-order chi connectivity index (χ0) is 26.6. The molecule has 3 aromatic rings. The summed E-state index contributed by atoms with van der Waals surface area (Å²) in [5, 5.41) is 16.0. The second-order valence-electron chi connectivity index (χ2n) is 9.43. The van der Waals surface area contributed by atoms with Crippen molar-refractivity contribution in [2.24, 2.45) is 0 Å². The third-order valence-electron chi connectivity index (χ3n) is 7.22. The first-order valence-corrected chi connectivity index (χ1v) is 12.8. The highest BCUT2D eigenvalue weighted by molar-refractivity contribution is 6.46. The number of hydrogen-bond donors (Lipinski definition) is 1. The lowest BCUT2D eigenvalue weighted by molar-refractivity contribution is -0.140. The van der Waals surface area contributed by atoms with Gasteiger partial charge in [-0.15, -0.1) is 0 Å². The van der Waals surface area contributed by atoms with E-state index in [4.69, 9.17) is 9.47 Å². The van der Waals surface area contributed by atoms with E-state index in [0.717, 1.165) is 25.3 Å². The number of benzene rings is 2. The quantitative estimate of drug-likeness (QED) is 0.279. The normalized spacial score (nSPS) is 19.7. The smallest absolute Gasteiger partial charge is 0.295 e. The maximum Gasteiger partial charge on any atom is 0.295 e. The van der Waals surface area contributed by atoms with Crippen molar-refractivity contribution >= 4 is 17.4 Å². The Bertz CT molecular complexity index is 1340. The molecule has 9 nitrogen and oxygen atoms in total. The molecule has 5 rings (SSSR count). The molecule has 2 saturated heterocycles. The van der Waals surface area contributed by atoms with Crippen LogP contribution in [0.1, 0.15) is 29.3 Å². The van der Waals surface area contributed by atoms with Gasteiger partial charge in [-0.2, -0.15) is 5.10 Å². The number of aliphatic hydroxyl groups is 1. The molecule has 198 valence electrons. The summed E-state index contributed by atoms with van der Waals surface area (Å²) in [6.45, 7) is 6.06. The highest BCUT2D eigenvalue weighted by Crippen LogP contribution is 2.43. The minimum absolute atomic E-state index is 0.0431. The third-order valence-corrected chi connectivity index (χ3v) is 7.22. The number of rotatable bonds is 8. The minimum atomic E-state index is -0.782. The van der Waals surface area contributed by atoms with E-state index in [1.807, 2.05) is 55.5 Å². The number of aromatic nitrogens is 2. The van der Waals surface area contributed by atoms with Gasteiger partial charge in [-0.1, -0.05) is 36.4 Å². The van der Waals surface area contributed by atoms with E-state index in [-0.39, 0.29) is 11.3 Å². The van der Waals surface area contributed by atoms with Gasteiger partial charge in [-0.3, -0.25) is 14.5 Å². The van der Waals surface area contributed by atoms with E-state index in [1.165, 1.54) is 6.20 Å². The van der Waals surface area contributed by atoms with Crippen molar-refractivity contribution in [3.05, 3.63) is 83.2 Å². The first kappa shape index (κ1) is 25.7. The Labute approximate surface area is 221 Å². The third kappa shape index (κ3) is 4.82. The maximum absolute atomic E-state index is 13.5. The van der Waals surface area contributed by atoms with E-state index in [2.05, 4.69) is 10.00 Å². The lowest BCUT2D eigenvalue weighted by Gasteiger charge is -2.29. The van der Waals surface area contributed by atoms with Crippen LogP contribution >= 0.6 is 0 Å². The molecule has 0 bridgehead atoms. The zero-order valence-electron chi connectivity index (χ0n) is 21.7. The van der Waals surface area contributed by atoms with E-state index < -0.39 is 17.7 Å². The molecule has 1 N–H and O–H groups in total. The Balaban J connectivity index is 1.54. The summed E-state index contributed by atoms with van der Waals surface area (Å²) in [6, 6.07) is 16.1. The van der Waals surface area contributed by atoms with E-state index in [9.17, 15) is 14.7 Å². The molecule has 0 aliphatic carbocycles. The largest absolute Gasteiger partial charge is 0.507 e. The molecule has 0 saturated carbocycles. The van der Waals surface area contributed by atoms with Gasteiger partial charge >= 0.3 is 0 Å². The molecule has 38 heavy (non-hydrogen) atoms. The SMILES string of the molecule is COc1ccccc1[C@H]1C(=C(O)c2cnn(-c3ccccc3)c2C)C(=O)C(=O)N1CCCN1CCOCC1. The van der Waals surface area contributed by atoms with Crippen molar-refractivity contribution in [1.82, 2.24) is 19.6 Å². The lowest BCUT2D eigenvalue weighted by atomic mass is 9.94. The number of para-hydroxylation sites is 2. The molecule has 3 heterocycles. The second kappa shape index (κ2) is 11.2. The van der Waals surface area contributed by atoms with Gasteiger partial charge in [0.25, 0.3) is 11.7 Å². The summed E-state index contributed by atoms with van der Waals surface area (Å²) in [5.41, 5.74) is 2.58. The summed E-state index contributed by atoms with van der Waals surface area (Å²) < 4.78 is 12.7. The first-order chi connectivity index (χ1) is 18.5. The molecule has 0 radical (unpaired) electrons. The number of aliphatic hydroxyl groups excluding tert-OH is 1. The topological polar surface area (TPSA) is 97.1 Å². The van der Waals surface area contributed by atoms with Crippen molar-refractivity contribution in [1.29, 1.82) is 0 Å². The van der Waals surface area contributed by atoms with E-state index in [0.29, 0.717) is 48.7 Å². The zero-order valence-corrected chi connectivity index (χ0v) is 21.7. The fourth-order valence-electron chi connectivity index (χ4n) is 5.23. The number of Topliss-reactive ketones (excluding diaryl/α,β-unsaturated/α-hetero) is 1. The highest BCUT2D eigenvalue weighted by atomic mass is 16.5. The van der Waals surface area contributed by atoms with Crippen LogP contribution in [0.3, 0.4) is 0 Å². The molecule has 1 atom stereocenters. The Morgan fingerprint density at radius 3 is 2.50 bits per heavy atom. The fourth-order valence-corrected chi connectivity index (χ4v) is 5.23. The van der Waals surface area contributed by atoms with Crippen molar-refractivity contribution in [3.63, 3.8) is 0 Å². The first-order valence-electron chi connectivity index (χ1n) is 12.8. The molecule has 0 unspecified atom stereocenters. The average Bonchev–Trinajstić information content (AvgIpc) is 3.46. The molecular formula is C29H32N4O5. The predicted molar refractivity (Wildman–Crippen MR) is 142 cm³/mol. The van der Waals surface area contributed by atoms with Crippen LogP contribution in [0, 0.1) is 6.92 Å². The van der Waals surface area contributed by atoms with E-state index in [1.54, 1.807) is 22.8 Å². The fraction of sp³-hybridized carbons (Fsp3) is 0.345. The standard InChI is InChI=1S/C29H32N4O5/c1-20-23(19-30-33(20)21-9-4-3-5-10-21)27(34)25-26(22-11-6-7-12-24(22)37-2)32(29(36)28(25)35)14-8-13-31-15-17-38-18-16-31/h3-7,9-12,19,26,34H,8,13-18H2,1-2H3/t26-/m0/s1. The molecule has 1 aromatic heterocycles. The summed E-state index contributed by atoms with van der Waals surface area (Å²) in [5.74, 6) is -1.04.